The van der Waals surface area contributed by atoms with Crippen LogP contribution in [-0.2, 0) is 4.79 Å². The number of amides is 3. The van der Waals surface area contributed by atoms with Crippen molar-refractivity contribution in [3.05, 3.63) is 0 Å². The molecule has 0 saturated carbocycles. The summed E-state index contributed by atoms with van der Waals surface area (Å²) in [6.45, 7) is 2.21. The van der Waals surface area contributed by atoms with E-state index in [0.29, 0.717) is 6.42 Å². The Morgan fingerprint density at radius 3 is 3.00 bits per heavy atom. The molecule has 0 unspecified atom stereocenters. The summed E-state index contributed by atoms with van der Waals surface area (Å²) in [5.41, 5.74) is 0. The third kappa shape index (κ3) is 3.13. The Labute approximate surface area is 88.0 Å². The van der Waals surface area contributed by atoms with E-state index in [1.54, 1.807) is 0 Å². The summed E-state index contributed by atoms with van der Waals surface area (Å²) in [6.07, 6.45) is 1.45. The van der Waals surface area contributed by atoms with Crippen LogP contribution >= 0.6 is 0 Å². The molecule has 0 aromatic carbocycles. The van der Waals surface area contributed by atoms with Crippen LogP contribution in [0.1, 0.15) is 19.8 Å². The summed E-state index contributed by atoms with van der Waals surface area (Å²) in [5.74, 6) is -0.312. The molecule has 1 heterocycles. The van der Waals surface area contributed by atoms with E-state index in [-0.39, 0.29) is 18.5 Å². The third-order valence-corrected chi connectivity index (χ3v) is 2.14. The Hall–Kier alpha value is -1.77. The first-order valence-corrected chi connectivity index (χ1v) is 4.91. The van der Waals surface area contributed by atoms with Gasteiger partial charge in [0.15, 0.2) is 0 Å². The maximum atomic E-state index is 11.5. The van der Waals surface area contributed by atoms with Gasteiger partial charge in [-0.3, -0.25) is 4.79 Å². The van der Waals surface area contributed by atoms with Crippen LogP contribution in [0.4, 0.5) is 4.79 Å². The van der Waals surface area contributed by atoms with E-state index in [9.17, 15) is 9.59 Å². The van der Waals surface area contributed by atoms with E-state index in [0.717, 1.165) is 6.42 Å². The van der Waals surface area contributed by atoms with Crippen molar-refractivity contribution in [3.8, 4) is 6.07 Å². The highest BCUT2D eigenvalue weighted by atomic mass is 16.2. The predicted octanol–water partition coefficient (Wildman–Crippen LogP) is -0.524. The lowest BCUT2D eigenvalue weighted by atomic mass is 10.1. The molecule has 6 heteroatoms. The van der Waals surface area contributed by atoms with Gasteiger partial charge in [-0.15, -0.1) is 0 Å². The van der Waals surface area contributed by atoms with Gasteiger partial charge in [-0.2, -0.15) is 5.26 Å². The number of nitriles is 1. The Morgan fingerprint density at radius 1 is 1.80 bits per heavy atom. The van der Waals surface area contributed by atoms with Gasteiger partial charge in [-0.1, -0.05) is 13.3 Å². The maximum Gasteiger partial charge on any atom is 0.315 e. The number of hydrogen-bond acceptors (Lipinski definition) is 3. The molecule has 6 nitrogen and oxygen atoms in total. The minimum Gasteiger partial charge on any atom is -0.339 e. The smallest absolute Gasteiger partial charge is 0.315 e. The second-order valence-electron chi connectivity index (χ2n) is 3.39. The van der Waals surface area contributed by atoms with E-state index in [1.807, 2.05) is 13.0 Å². The van der Waals surface area contributed by atoms with Gasteiger partial charge in [0.05, 0.1) is 6.07 Å². The molecule has 0 aliphatic carbocycles. The molecule has 0 bridgehead atoms. The molecule has 1 aliphatic rings. The summed E-state index contributed by atoms with van der Waals surface area (Å²) >= 11 is 0. The summed E-state index contributed by atoms with van der Waals surface area (Å²) in [7, 11) is 0. The normalized spacial score (nSPS) is 21.1. The van der Waals surface area contributed by atoms with Crippen LogP contribution in [0.5, 0.6) is 0 Å². The molecule has 15 heavy (non-hydrogen) atoms. The second-order valence-corrected chi connectivity index (χ2v) is 3.39. The van der Waals surface area contributed by atoms with Gasteiger partial charge >= 0.3 is 6.03 Å². The average molecular weight is 210 g/mol. The van der Waals surface area contributed by atoms with Crippen LogP contribution in [-0.4, -0.2) is 30.6 Å². The van der Waals surface area contributed by atoms with Crippen LogP contribution < -0.4 is 16.0 Å². The number of nitrogens with one attached hydrogen (secondary N) is 3. The van der Waals surface area contributed by atoms with Crippen molar-refractivity contribution in [2.75, 3.05) is 6.54 Å². The van der Waals surface area contributed by atoms with Crippen LogP contribution in [0.25, 0.3) is 0 Å². The molecule has 1 aliphatic heterocycles. The molecular weight excluding hydrogens is 196 g/mol. The molecule has 0 aromatic rings. The topological polar surface area (TPSA) is 94.0 Å². The van der Waals surface area contributed by atoms with E-state index in [2.05, 4.69) is 16.0 Å². The Morgan fingerprint density at radius 2 is 2.53 bits per heavy atom. The maximum absolute atomic E-state index is 11.5. The largest absolute Gasteiger partial charge is 0.339 e. The number of rotatable bonds is 4. The van der Waals surface area contributed by atoms with Crippen molar-refractivity contribution in [3.63, 3.8) is 0 Å². The highest BCUT2D eigenvalue weighted by Gasteiger charge is 2.27. The van der Waals surface area contributed by atoms with E-state index >= 15 is 0 Å². The summed E-state index contributed by atoms with van der Waals surface area (Å²) in [5, 5.41) is 16.2. The zero-order chi connectivity index (χ0) is 11.3. The molecule has 1 rings (SSSR count). The third-order valence-electron chi connectivity index (χ3n) is 2.14. The quantitative estimate of drug-likeness (QED) is 0.582. The molecule has 3 amide bonds. The van der Waals surface area contributed by atoms with Crippen molar-refractivity contribution in [1.82, 2.24) is 16.0 Å². The molecule has 82 valence electrons. The Kier molecular flexibility index (Phi) is 3.92. The number of nitrogens with zero attached hydrogens (tertiary/aromatic N) is 1. The van der Waals surface area contributed by atoms with Crippen molar-refractivity contribution in [2.45, 2.75) is 31.8 Å². The fraction of sp³-hybridized carbons (Fsp3) is 0.667. The highest BCUT2D eigenvalue weighted by molar-refractivity contribution is 5.90. The van der Waals surface area contributed by atoms with Gasteiger partial charge in [0.1, 0.15) is 12.1 Å². The van der Waals surface area contributed by atoms with Crippen LogP contribution in [0.3, 0.4) is 0 Å². The lowest BCUT2D eigenvalue weighted by Gasteiger charge is -2.13. The number of carbonyl (C=O) groups excluding carboxylic acids is 2. The number of hydrogen-bond donors (Lipinski definition) is 3. The average Bonchev–Trinajstić information content (AvgIpc) is 2.64. The van der Waals surface area contributed by atoms with Crippen LogP contribution in [0.2, 0.25) is 0 Å². The second kappa shape index (κ2) is 5.20. The van der Waals surface area contributed by atoms with Gasteiger partial charge in [0, 0.05) is 6.54 Å². The molecule has 0 spiro atoms. The first-order chi connectivity index (χ1) is 7.17. The van der Waals surface area contributed by atoms with Gasteiger partial charge < -0.3 is 16.0 Å². The number of urea groups is 1. The van der Waals surface area contributed by atoms with Gasteiger partial charge in [-0.25, -0.2) is 4.79 Å². The van der Waals surface area contributed by atoms with E-state index < -0.39 is 12.1 Å². The summed E-state index contributed by atoms with van der Waals surface area (Å²) in [4.78, 5) is 22.3. The lowest BCUT2D eigenvalue weighted by molar-refractivity contribution is -0.122. The molecule has 0 radical (unpaired) electrons. The van der Waals surface area contributed by atoms with Crippen molar-refractivity contribution in [1.29, 1.82) is 5.26 Å². The summed E-state index contributed by atoms with van der Waals surface area (Å²) in [6, 6.07) is 0.619. The minimum atomic E-state index is -0.565. The standard InChI is InChI=1S/C9H14N4O2/c1-2-3-6(4-10)12-8(14)7-5-11-9(15)13-7/h6-7H,2-3,5H2,1H3,(H,12,14)(H2,11,13,15)/t6-,7-/m1/s1. The van der Waals surface area contributed by atoms with Crippen molar-refractivity contribution >= 4 is 11.9 Å². The zero-order valence-corrected chi connectivity index (χ0v) is 8.54. The van der Waals surface area contributed by atoms with Gasteiger partial charge in [0.2, 0.25) is 5.91 Å². The molecule has 1 saturated heterocycles. The highest BCUT2D eigenvalue weighted by Crippen LogP contribution is 1.97. The number of carbonyl (C=O) groups is 2. The van der Waals surface area contributed by atoms with Crippen molar-refractivity contribution < 1.29 is 9.59 Å². The monoisotopic (exact) mass is 210 g/mol. The van der Waals surface area contributed by atoms with E-state index in [4.69, 9.17) is 5.26 Å². The minimum absolute atomic E-state index is 0.273. The summed E-state index contributed by atoms with van der Waals surface area (Å²) < 4.78 is 0. The van der Waals surface area contributed by atoms with Crippen LogP contribution in [0, 0.1) is 11.3 Å². The fourth-order valence-electron chi connectivity index (χ4n) is 1.34. The van der Waals surface area contributed by atoms with Gasteiger partial charge in [-0.05, 0) is 6.42 Å². The first kappa shape index (κ1) is 11.3. The SMILES string of the molecule is CCC[C@H](C#N)NC(=O)[C@H]1CNC(=O)N1. The first-order valence-electron chi connectivity index (χ1n) is 4.91. The predicted molar refractivity (Wildman–Crippen MR) is 52.8 cm³/mol. The molecule has 3 N–H and O–H groups in total. The molecular formula is C9H14N4O2. The molecule has 0 aromatic heterocycles. The Balaban J connectivity index is 2.41. The Bertz CT molecular complexity index is 297. The fourth-order valence-corrected chi connectivity index (χ4v) is 1.34. The van der Waals surface area contributed by atoms with E-state index in [1.165, 1.54) is 0 Å². The van der Waals surface area contributed by atoms with Crippen LogP contribution in [0.15, 0.2) is 0 Å². The zero-order valence-electron chi connectivity index (χ0n) is 8.54. The van der Waals surface area contributed by atoms with Gasteiger partial charge in [0.25, 0.3) is 0 Å². The van der Waals surface area contributed by atoms with Crippen molar-refractivity contribution in [2.24, 2.45) is 0 Å². The molecule has 1 fully saturated rings. The molecule has 2 atom stereocenters. The lowest BCUT2D eigenvalue weighted by Crippen LogP contribution is -2.46.